The van der Waals surface area contributed by atoms with Crippen molar-refractivity contribution in [2.24, 2.45) is 0 Å². The third-order valence-corrected chi connectivity index (χ3v) is 5.92. The molecule has 194 valence electrons. The van der Waals surface area contributed by atoms with Crippen LogP contribution in [0.4, 0.5) is 13.2 Å². The molecule has 0 aliphatic rings. The summed E-state index contributed by atoms with van der Waals surface area (Å²) in [5.41, 5.74) is 0.751. The zero-order chi connectivity index (χ0) is 27.1. The molecular weight excluding hydrogens is 495 g/mol. The second kappa shape index (κ2) is 12.1. The van der Waals surface area contributed by atoms with E-state index in [1.807, 2.05) is 30.3 Å². The molecule has 4 aromatic rings. The van der Waals surface area contributed by atoms with Crippen LogP contribution in [-0.4, -0.2) is 28.4 Å². The number of para-hydroxylation sites is 1. The SMILES string of the molecule is O=C(O)c1ccccc1Oc1ccc(CN(CCCc2ccccc2)C(=O)c2c(F)ccc(F)c2F)cc1. The van der Waals surface area contributed by atoms with E-state index in [9.17, 15) is 27.9 Å². The van der Waals surface area contributed by atoms with Crippen LogP contribution in [0, 0.1) is 17.5 Å². The number of carboxylic acid groups (broad SMARTS) is 1. The number of hydrogen-bond acceptors (Lipinski definition) is 3. The molecule has 0 aromatic heterocycles. The first-order valence-electron chi connectivity index (χ1n) is 11.9. The first-order valence-corrected chi connectivity index (χ1v) is 11.9. The van der Waals surface area contributed by atoms with Crippen molar-refractivity contribution in [3.05, 3.63) is 131 Å². The number of hydrogen-bond donors (Lipinski definition) is 1. The third-order valence-electron chi connectivity index (χ3n) is 5.92. The maximum absolute atomic E-state index is 14.4. The Hall–Kier alpha value is -4.59. The van der Waals surface area contributed by atoms with Crippen molar-refractivity contribution in [1.82, 2.24) is 4.90 Å². The smallest absolute Gasteiger partial charge is 0.339 e. The molecule has 5 nitrogen and oxygen atoms in total. The lowest BCUT2D eigenvalue weighted by Gasteiger charge is -2.24. The second-order valence-electron chi connectivity index (χ2n) is 8.58. The van der Waals surface area contributed by atoms with Gasteiger partial charge >= 0.3 is 5.97 Å². The van der Waals surface area contributed by atoms with Crippen molar-refractivity contribution in [2.75, 3.05) is 6.54 Å². The van der Waals surface area contributed by atoms with Gasteiger partial charge in [0.2, 0.25) is 0 Å². The molecule has 1 N–H and O–H groups in total. The standard InChI is InChI=1S/C30H24F3NO4/c31-24-16-17-25(32)28(33)27(24)29(35)34(18-6-9-20-7-2-1-3-8-20)19-21-12-14-22(15-13-21)38-26-11-5-4-10-23(26)30(36)37/h1-5,7-8,10-17H,6,9,18-19H2,(H,36,37). The number of ether oxygens (including phenoxy) is 1. The van der Waals surface area contributed by atoms with Gasteiger partial charge in [0, 0.05) is 13.1 Å². The Morgan fingerprint density at radius 2 is 1.42 bits per heavy atom. The molecule has 0 unspecified atom stereocenters. The molecule has 0 heterocycles. The molecule has 4 rings (SSSR count). The van der Waals surface area contributed by atoms with E-state index in [2.05, 4.69) is 0 Å². The minimum atomic E-state index is -1.52. The lowest BCUT2D eigenvalue weighted by molar-refractivity contribution is 0.0692. The maximum atomic E-state index is 14.4. The summed E-state index contributed by atoms with van der Waals surface area (Å²) in [4.78, 5) is 25.9. The van der Waals surface area contributed by atoms with E-state index in [0.29, 0.717) is 30.2 Å². The Kier molecular flexibility index (Phi) is 8.43. The van der Waals surface area contributed by atoms with Crippen molar-refractivity contribution in [3.8, 4) is 11.5 Å². The normalized spacial score (nSPS) is 10.7. The third kappa shape index (κ3) is 6.39. The van der Waals surface area contributed by atoms with Crippen LogP contribution in [0.25, 0.3) is 0 Å². The lowest BCUT2D eigenvalue weighted by atomic mass is 10.1. The van der Waals surface area contributed by atoms with Crippen molar-refractivity contribution in [2.45, 2.75) is 19.4 Å². The van der Waals surface area contributed by atoms with Gasteiger partial charge in [-0.1, -0.05) is 54.6 Å². The predicted octanol–water partition coefficient (Wildman–Crippen LogP) is 6.87. The molecule has 0 saturated carbocycles. The molecule has 0 bridgehead atoms. The van der Waals surface area contributed by atoms with Gasteiger partial charge in [0.1, 0.15) is 28.4 Å². The van der Waals surface area contributed by atoms with Crippen LogP contribution < -0.4 is 4.74 Å². The molecule has 0 fully saturated rings. The monoisotopic (exact) mass is 519 g/mol. The topological polar surface area (TPSA) is 66.8 Å². The number of aromatic carboxylic acids is 1. The number of carbonyl (C=O) groups excluding carboxylic acids is 1. The Balaban J connectivity index is 1.53. The van der Waals surface area contributed by atoms with Crippen LogP contribution in [0.5, 0.6) is 11.5 Å². The van der Waals surface area contributed by atoms with Gasteiger partial charge in [-0.2, -0.15) is 0 Å². The highest BCUT2D eigenvalue weighted by atomic mass is 19.2. The molecular formula is C30H24F3NO4. The fourth-order valence-electron chi connectivity index (χ4n) is 3.99. The fraction of sp³-hybridized carbons (Fsp3) is 0.133. The number of benzene rings is 4. The zero-order valence-electron chi connectivity index (χ0n) is 20.2. The Bertz CT molecular complexity index is 1430. The van der Waals surface area contributed by atoms with E-state index in [1.165, 1.54) is 17.0 Å². The van der Waals surface area contributed by atoms with Crippen molar-refractivity contribution in [1.29, 1.82) is 0 Å². The van der Waals surface area contributed by atoms with Gasteiger partial charge < -0.3 is 14.7 Å². The number of nitrogens with zero attached hydrogens (tertiary/aromatic N) is 1. The average Bonchev–Trinajstić information content (AvgIpc) is 2.92. The molecule has 0 spiro atoms. The predicted molar refractivity (Wildman–Crippen MR) is 136 cm³/mol. The molecule has 0 aliphatic heterocycles. The summed E-state index contributed by atoms with van der Waals surface area (Å²) in [6.45, 7) is 0.183. The molecule has 1 amide bonds. The van der Waals surface area contributed by atoms with Crippen molar-refractivity contribution < 1.29 is 32.6 Å². The van der Waals surface area contributed by atoms with Gasteiger partial charge in [-0.25, -0.2) is 18.0 Å². The molecule has 0 saturated heterocycles. The highest BCUT2D eigenvalue weighted by molar-refractivity contribution is 5.94. The van der Waals surface area contributed by atoms with Gasteiger partial charge in [-0.05, 0) is 60.4 Å². The number of aryl methyl sites for hydroxylation is 1. The second-order valence-corrected chi connectivity index (χ2v) is 8.58. The molecule has 8 heteroatoms. The Labute approximate surface area is 217 Å². The van der Waals surface area contributed by atoms with Gasteiger partial charge in [0.25, 0.3) is 5.91 Å². The van der Waals surface area contributed by atoms with Gasteiger partial charge in [-0.15, -0.1) is 0 Å². The van der Waals surface area contributed by atoms with E-state index in [4.69, 9.17) is 4.74 Å². The number of carbonyl (C=O) groups is 2. The summed E-state index contributed by atoms with van der Waals surface area (Å²) in [6, 6.07) is 23.7. The summed E-state index contributed by atoms with van der Waals surface area (Å²) in [5, 5.41) is 9.34. The first-order chi connectivity index (χ1) is 18.3. The average molecular weight is 520 g/mol. The number of amides is 1. The molecule has 0 radical (unpaired) electrons. The summed E-state index contributed by atoms with van der Waals surface area (Å²) in [5.74, 6) is -5.51. The Morgan fingerprint density at radius 3 is 2.13 bits per heavy atom. The number of carboxylic acids is 1. The van der Waals surface area contributed by atoms with Crippen LogP contribution >= 0.6 is 0 Å². The van der Waals surface area contributed by atoms with Crippen LogP contribution in [0.15, 0.2) is 91.0 Å². The van der Waals surface area contributed by atoms with Crippen LogP contribution in [0.1, 0.15) is 38.3 Å². The van der Waals surface area contributed by atoms with Crippen LogP contribution in [-0.2, 0) is 13.0 Å². The molecule has 38 heavy (non-hydrogen) atoms. The number of halogens is 3. The summed E-state index contributed by atoms with van der Waals surface area (Å²) >= 11 is 0. The molecule has 4 aromatic carbocycles. The van der Waals surface area contributed by atoms with Gasteiger partial charge in [0.05, 0.1) is 0 Å². The Morgan fingerprint density at radius 1 is 0.763 bits per heavy atom. The van der Waals surface area contributed by atoms with Gasteiger partial charge in [-0.3, -0.25) is 4.79 Å². The molecule has 0 atom stereocenters. The summed E-state index contributed by atoms with van der Waals surface area (Å²) in [7, 11) is 0. The fourth-order valence-corrected chi connectivity index (χ4v) is 3.99. The van der Waals surface area contributed by atoms with Crippen molar-refractivity contribution >= 4 is 11.9 Å². The lowest BCUT2D eigenvalue weighted by Crippen LogP contribution is -2.33. The zero-order valence-corrected chi connectivity index (χ0v) is 20.2. The minimum absolute atomic E-state index is 0.00547. The van der Waals surface area contributed by atoms with E-state index < -0.39 is 34.9 Å². The van der Waals surface area contributed by atoms with Crippen LogP contribution in [0.3, 0.4) is 0 Å². The van der Waals surface area contributed by atoms with E-state index in [1.54, 1.807) is 36.4 Å². The highest BCUT2D eigenvalue weighted by Gasteiger charge is 2.25. The minimum Gasteiger partial charge on any atom is -0.478 e. The summed E-state index contributed by atoms with van der Waals surface area (Å²) < 4.78 is 48.4. The largest absolute Gasteiger partial charge is 0.478 e. The van der Waals surface area contributed by atoms with Crippen LogP contribution in [0.2, 0.25) is 0 Å². The van der Waals surface area contributed by atoms with E-state index >= 15 is 0 Å². The molecule has 0 aliphatic carbocycles. The summed E-state index contributed by atoms with van der Waals surface area (Å²) in [6.07, 6.45) is 1.15. The number of rotatable bonds is 10. The maximum Gasteiger partial charge on any atom is 0.339 e. The quantitative estimate of drug-likeness (QED) is 0.232. The van der Waals surface area contributed by atoms with E-state index in [0.717, 1.165) is 11.6 Å². The van der Waals surface area contributed by atoms with Gasteiger partial charge in [0.15, 0.2) is 11.6 Å². The first kappa shape index (κ1) is 26.5. The van der Waals surface area contributed by atoms with Crippen molar-refractivity contribution in [3.63, 3.8) is 0 Å². The highest BCUT2D eigenvalue weighted by Crippen LogP contribution is 2.26. The van der Waals surface area contributed by atoms with E-state index in [-0.39, 0.29) is 24.4 Å².